The van der Waals surface area contributed by atoms with Crippen LogP contribution in [0.25, 0.3) is 0 Å². The van der Waals surface area contributed by atoms with Gasteiger partial charge >= 0.3 is 6.03 Å². The van der Waals surface area contributed by atoms with E-state index in [2.05, 4.69) is 24.5 Å². The van der Waals surface area contributed by atoms with E-state index in [9.17, 15) is 14.4 Å². The van der Waals surface area contributed by atoms with Gasteiger partial charge in [0, 0.05) is 0 Å². The summed E-state index contributed by atoms with van der Waals surface area (Å²) in [5.41, 5.74) is 0.159. The molecule has 0 saturated carbocycles. The fourth-order valence-corrected chi connectivity index (χ4v) is 2.90. The summed E-state index contributed by atoms with van der Waals surface area (Å²) in [6.45, 7) is 8.13. The van der Waals surface area contributed by atoms with Crippen molar-refractivity contribution in [2.45, 2.75) is 46.1 Å². The Bertz CT molecular complexity index is 704. The molecular weight excluding hydrogens is 346 g/mol. The lowest BCUT2D eigenvalue weighted by Crippen LogP contribution is -2.45. The second kappa shape index (κ2) is 8.88. The molecule has 27 heavy (non-hydrogen) atoms. The third kappa shape index (κ3) is 5.70. The molecule has 4 amide bonds. The highest BCUT2D eigenvalue weighted by atomic mass is 16.5. The van der Waals surface area contributed by atoms with Crippen molar-refractivity contribution in [1.29, 1.82) is 0 Å². The first kappa shape index (κ1) is 20.7. The van der Waals surface area contributed by atoms with Crippen molar-refractivity contribution in [3.8, 4) is 5.75 Å². The van der Waals surface area contributed by atoms with Crippen LogP contribution in [0.2, 0.25) is 0 Å². The maximum atomic E-state index is 12.6. The van der Waals surface area contributed by atoms with Crippen LogP contribution in [-0.4, -0.2) is 48.0 Å². The predicted octanol–water partition coefficient (Wildman–Crippen LogP) is 2.24. The van der Waals surface area contributed by atoms with Gasteiger partial charge < -0.3 is 15.4 Å². The molecule has 1 aliphatic heterocycles. The summed E-state index contributed by atoms with van der Waals surface area (Å²) in [5, 5.41) is 5.39. The lowest BCUT2D eigenvalue weighted by Gasteiger charge is -2.22. The molecule has 0 aliphatic carbocycles. The SMILES string of the molecule is Cc1cccc(OCCNC(=O)CN2C(=O)NC(C)(CCC(C)C)C2=O)c1. The van der Waals surface area contributed by atoms with Gasteiger partial charge in [0.1, 0.15) is 24.4 Å². The average molecular weight is 375 g/mol. The number of hydrogen-bond donors (Lipinski definition) is 2. The summed E-state index contributed by atoms with van der Waals surface area (Å²) in [7, 11) is 0. The largest absolute Gasteiger partial charge is 0.492 e. The number of carbonyl (C=O) groups is 3. The standard InChI is InChI=1S/C20H29N3O4/c1-14(2)8-9-20(4)18(25)23(19(26)22-20)13-17(24)21-10-11-27-16-7-5-6-15(3)12-16/h5-7,12,14H,8-11,13H2,1-4H3,(H,21,24)(H,22,26). The van der Waals surface area contributed by atoms with E-state index >= 15 is 0 Å². The van der Waals surface area contributed by atoms with E-state index in [1.165, 1.54) is 0 Å². The van der Waals surface area contributed by atoms with E-state index in [0.717, 1.165) is 22.6 Å². The van der Waals surface area contributed by atoms with Crippen molar-refractivity contribution < 1.29 is 19.1 Å². The molecule has 2 N–H and O–H groups in total. The number of benzene rings is 1. The topological polar surface area (TPSA) is 87.7 Å². The second-order valence-corrected chi connectivity index (χ2v) is 7.60. The summed E-state index contributed by atoms with van der Waals surface area (Å²) < 4.78 is 5.56. The van der Waals surface area contributed by atoms with Crippen molar-refractivity contribution in [2.75, 3.05) is 19.7 Å². The molecular formula is C20H29N3O4. The molecule has 1 unspecified atom stereocenters. The molecule has 1 saturated heterocycles. The molecule has 0 bridgehead atoms. The van der Waals surface area contributed by atoms with Gasteiger partial charge in [-0.2, -0.15) is 0 Å². The minimum atomic E-state index is -0.935. The fraction of sp³-hybridized carbons (Fsp3) is 0.550. The molecule has 0 spiro atoms. The van der Waals surface area contributed by atoms with Gasteiger partial charge in [-0.05, 0) is 50.3 Å². The molecule has 1 aromatic rings. The van der Waals surface area contributed by atoms with Crippen LogP contribution in [0.3, 0.4) is 0 Å². The summed E-state index contributed by atoms with van der Waals surface area (Å²) >= 11 is 0. The fourth-order valence-electron chi connectivity index (χ4n) is 2.90. The first-order valence-electron chi connectivity index (χ1n) is 9.31. The molecule has 1 atom stereocenters. The number of carbonyl (C=O) groups excluding carboxylic acids is 3. The van der Waals surface area contributed by atoms with Gasteiger partial charge in [-0.25, -0.2) is 4.79 Å². The van der Waals surface area contributed by atoms with Gasteiger partial charge in [0.15, 0.2) is 0 Å². The Kier molecular flexibility index (Phi) is 6.82. The number of rotatable bonds is 9. The normalized spacial score (nSPS) is 19.4. The molecule has 0 aromatic heterocycles. The van der Waals surface area contributed by atoms with Gasteiger partial charge in [-0.3, -0.25) is 14.5 Å². The molecule has 1 heterocycles. The van der Waals surface area contributed by atoms with Gasteiger partial charge in [0.05, 0.1) is 6.54 Å². The molecule has 1 aromatic carbocycles. The van der Waals surface area contributed by atoms with Crippen LogP contribution in [0.4, 0.5) is 4.79 Å². The minimum Gasteiger partial charge on any atom is -0.492 e. The number of nitrogens with one attached hydrogen (secondary N) is 2. The highest BCUT2D eigenvalue weighted by Gasteiger charge is 2.47. The molecule has 148 valence electrons. The predicted molar refractivity (Wildman–Crippen MR) is 102 cm³/mol. The maximum Gasteiger partial charge on any atom is 0.325 e. The number of aryl methyl sites for hydroxylation is 1. The molecule has 2 rings (SSSR count). The first-order valence-corrected chi connectivity index (χ1v) is 9.31. The Morgan fingerprint density at radius 1 is 1.33 bits per heavy atom. The van der Waals surface area contributed by atoms with Crippen molar-refractivity contribution in [2.24, 2.45) is 5.92 Å². The Hall–Kier alpha value is -2.57. The van der Waals surface area contributed by atoms with E-state index in [-0.39, 0.29) is 18.4 Å². The second-order valence-electron chi connectivity index (χ2n) is 7.60. The van der Waals surface area contributed by atoms with E-state index in [0.29, 0.717) is 25.5 Å². The number of nitrogens with zero attached hydrogens (tertiary/aromatic N) is 1. The first-order chi connectivity index (χ1) is 12.7. The average Bonchev–Trinajstić information content (AvgIpc) is 2.81. The van der Waals surface area contributed by atoms with E-state index in [1.54, 1.807) is 6.92 Å². The van der Waals surface area contributed by atoms with Crippen LogP contribution in [0.1, 0.15) is 39.2 Å². The van der Waals surface area contributed by atoms with Gasteiger partial charge in [0.2, 0.25) is 5.91 Å². The molecule has 7 nitrogen and oxygen atoms in total. The number of urea groups is 1. The maximum absolute atomic E-state index is 12.6. The van der Waals surface area contributed by atoms with Crippen molar-refractivity contribution >= 4 is 17.8 Å². The Morgan fingerprint density at radius 3 is 2.74 bits per heavy atom. The Balaban J connectivity index is 1.77. The smallest absolute Gasteiger partial charge is 0.325 e. The number of amides is 4. The van der Waals surface area contributed by atoms with Gasteiger partial charge in [-0.1, -0.05) is 26.0 Å². The van der Waals surface area contributed by atoms with E-state index < -0.39 is 11.6 Å². The van der Waals surface area contributed by atoms with Crippen molar-refractivity contribution in [3.63, 3.8) is 0 Å². The van der Waals surface area contributed by atoms with Crippen LogP contribution in [0, 0.1) is 12.8 Å². The lowest BCUT2D eigenvalue weighted by molar-refractivity contribution is -0.134. The van der Waals surface area contributed by atoms with Crippen LogP contribution in [-0.2, 0) is 9.59 Å². The monoisotopic (exact) mass is 375 g/mol. The zero-order valence-electron chi connectivity index (χ0n) is 16.5. The van der Waals surface area contributed by atoms with Crippen LogP contribution in [0.5, 0.6) is 5.75 Å². The Labute approximate surface area is 160 Å². The van der Waals surface area contributed by atoms with Gasteiger partial charge in [0.25, 0.3) is 5.91 Å². The van der Waals surface area contributed by atoms with Crippen molar-refractivity contribution in [3.05, 3.63) is 29.8 Å². The van der Waals surface area contributed by atoms with Crippen LogP contribution in [0.15, 0.2) is 24.3 Å². The third-order valence-corrected chi connectivity index (χ3v) is 4.55. The summed E-state index contributed by atoms with van der Waals surface area (Å²) in [6, 6.07) is 7.11. The Morgan fingerprint density at radius 2 is 2.07 bits per heavy atom. The third-order valence-electron chi connectivity index (χ3n) is 4.55. The number of hydrogen-bond acceptors (Lipinski definition) is 4. The molecule has 7 heteroatoms. The quantitative estimate of drug-likeness (QED) is 0.512. The number of ether oxygens (including phenoxy) is 1. The summed E-state index contributed by atoms with van der Waals surface area (Å²) in [4.78, 5) is 37.8. The number of imide groups is 1. The minimum absolute atomic E-state index is 0.285. The summed E-state index contributed by atoms with van der Waals surface area (Å²) in [6.07, 6.45) is 1.37. The van der Waals surface area contributed by atoms with Crippen molar-refractivity contribution in [1.82, 2.24) is 15.5 Å². The van der Waals surface area contributed by atoms with Crippen LogP contribution < -0.4 is 15.4 Å². The molecule has 1 aliphatic rings. The molecule has 1 fully saturated rings. The van der Waals surface area contributed by atoms with E-state index in [1.807, 2.05) is 31.2 Å². The lowest BCUT2D eigenvalue weighted by atomic mass is 9.92. The highest BCUT2D eigenvalue weighted by Crippen LogP contribution is 2.24. The van der Waals surface area contributed by atoms with Crippen LogP contribution >= 0.6 is 0 Å². The molecule has 0 radical (unpaired) electrons. The van der Waals surface area contributed by atoms with Gasteiger partial charge in [-0.15, -0.1) is 0 Å². The van der Waals surface area contributed by atoms with E-state index in [4.69, 9.17) is 4.74 Å². The zero-order valence-corrected chi connectivity index (χ0v) is 16.5. The summed E-state index contributed by atoms with van der Waals surface area (Å²) in [5.74, 6) is 0.426. The zero-order chi connectivity index (χ0) is 20.0. The highest BCUT2D eigenvalue weighted by molar-refractivity contribution is 6.08.